The number of hydrogen-bond acceptors (Lipinski definition) is 5. The number of anilines is 1. The lowest BCUT2D eigenvalue weighted by molar-refractivity contribution is 0.0601. The standard InChI is InChI=1S/C14H13BrN2O3/c1-8-7-9(3-4-11(8)15)20-13-12(16)10(5-6-17-13)14(18)19-2/h3-7H,16H2,1-2H3. The van der Waals surface area contributed by atoms with Crippen LogP contribution in [0, 0.1) is 6.92 Å². The number of nitrogen functional groups attached to an aromatic ring is 1. The molecule has 0 spiro atoms. The van der Waals surface area contributed by atoms with Crippen molar-refractivity contribution in [2.24, 2.45) is 0 Å². The second-order valence-electron chi connectivity index (χ2n) is 4.08. The molecule has 0 saturated carbocycles. The van der Waals surface area contributed by atoms with E-state index >= 15 is 0 Å². The van der Waals surface area contributed by atoms with Crippen LogP contribution in [0.4, 0.5) is 5.69 Å². The largest absolute Gasteiger partial charge is 0.465 e. The fourth-order valence-electron chi connectivity index (χ4n) is 1.62. The average Bonchev–Trinajstić information content (AvgIpc) is 2.44. The van der Waals surface area contributed by atoms with Crippen molar-refractivity contribution in [2.45, 2.75) is 6.92 Å². The van der Waals surface area contributed by atoms with Gasteiger partial charge in [0.25, 0.3) is 0 Å². The number of pyridine rings is 1. The lowest BCUT2D eigenvalue weighted by Gasteiger charge is -2.10. The van der Waals surface area contributed by atoms with Crippen LogP contribution < -0.4 is 10.5 Å². The summed E-state index contributed by atoms with van der Waals surface area (Å²) in [5.74, 6) is 0.239. The predicted octanol–water partition coefficient (Wildman–Crippen LogP) is 3.31. The van der Waals surface area contributed by atoms with Crippen molar-refractivity contribution in [1.29, 1.82) is 0 Å². The zero-order valence-electron chi connectivity index (χ0n) is 11.0. The van der Waals surface area contributed by atoms with Crippen LogP contribution in [0.1, 0.15) is 15.9 Å². The second kappa shape index (κ2) is 5.92. The van der Waals surface area contributed by atoms with Crippen molar-refractivity contribution in [1.82, 2.24) is 4.98 Å². The molecule has 104 valence electrons. The monoisotopic (exact) mass is 336 g/mol. The summed E-state index contributed by atoms with van der Waals surface area (Å²) in [6, 6.07) is 6.98. The molecular weight excluding hydrogens is 324 g/mol. The molecule has 6 heteroatoms. The lowest BCUT2D eigenvalue weighted by atomic mass is 10.2. The molecule has 1 aromatic carbocycles. The third-order valence-electron chi connectivity index (χ3n) is 2.70. The van der Waals surface area contributed by atoms with E-state index in [4.69, 9.17) is 10.5 Å². The first-order valence-electron chi connectivity index (χ1n) is 5.79. The van der Waals surface area contributed by atoms with E-state index in [2.05, 4.69) is 25.7 Å². The number of aromatic nitrogens is 1. The van der Waals surface area contributed by atoms with Crippen molar-refractivity contribution >= 4 is 27.6 Å². The maximum atomic E-state index is 11.5. The Bertz CT molecular complexity index is 659. The maximum Gasteiger partial charge on any atom is 0.340 e. The minimum Gasteiger partial charge on any atom is -0.465 e. The average molecular weight is 337 g/mol. The summed E-state index contributed by atoms with van der Waals surface area (Å²) in [5.41, 5.74) is 7.28. The molecule has 20 heavy (non-hydrogen) atoms. The number of carbonyl (C=O) groups excluding carboxylic acids is 1. The van der Waals surface area contributed by atoms with E-state index in [0.29, 0.717) is 5.75 Å². The van der Waals surface area contributed by atoms with Crippen molar-refractivity contribution < 1.29 is 14.3 Å². The Morgan fingerprint density at radius 2 is 2.10 bits per heavy atom. The maximum absolute atomic E-state index is 11.5. The van der Waals surface area contributed by atoms with Crippen LogP contribution in [0.3, 0.4) is 0 Å². The van der Waals surface area contributed by atoms with Gasteiger partial charge in [0.05, 0.1) is 12.7 Å². The Hall–Kier alpha value is -2.08. The third kappa shape index (κ3) is 2.91. The van der Waals surface area contributed by atoms with Gasteiger partial charge >= 0.3 is 5.97 Å². The van der Waals surface area contributed by atoms with Gasteiger partial charge < -0.3 is 15.2 Å². The Morgan fingerprint density at radius 3 is 2.75 bits per heavy atom. The molecule has 0 atom stereocenters. The summed E-state index contributed by atoms with van der Waals surface area (Å²) in [4.78, 5) is 15.6. The summed E-state index contributed by atoms with van der Waals surface area (Å²) in [5, 5.41) is 0. The molecule has 0 aliphatic carbocycles. The first kappa shape index (κ1) is 14.3. The van der Waals surface area contributed by atoms with E-state index in [0.717, 1.165) is 10.0 Å². The van der Waals surface area contributed by atoms with E-state index in [1.807, 2.05) is 19.1 Å². The SMILES string of the molecule is COC(=O)c1ccnc(Oc2ccc(Br)c(C)c2)c1N. The first-order valence-corrected chi connectivity index (χ1v) is 6.59. The van der Waals surface area contributed by atoms with E-state index in [1.165, 1.54) is 19.4 Å². The van der Waals surface area contributed by atoms with Crippen LogP contribution in [0.2, 0.25) is 0 Å². The van der Waals surface area contributed by atoms with Crippen LogP contribution in [0.25, 0.3) is 0 Å². The molecule has 1 heterocycles. The van der Waals surface area contributed by atoms with E-state index in [-0.39, 0.29) is 17.1 Å². The number of hydrogen-bond donors (Lipinski definition) is 1. The third-order valence-corrected chi connectivity index (χ3v) is 3.59. The molecule has 0 aliphatic rings. The molecule has 5 nitrogen and oxygen atoms in total. The molecule has 0 radical (unpaired) electrons. The predicted molar refractivity (Wildman–Crippen MR) is 78.9 cm³/mol. The fourth-order valence-corrected chi connectivity index (χ4v) is 1.86. The number of methoxy groups -OCH3 is 1. The molecule has 0 fully saturated rings. The van der Waals surface area contributed by atoms with Gasteiger partial charge in [0.1, 0.15) is 11.4 Å². The van der Waals surface area contributed by atoms with E-state index in [1.54, 1.807) is 6.07 Å². The molecule has 0 amide bonds. The van der Waals surface area contributed by atoms with Gasteiger partial charge in [-0.2, -0.15) is 0 Å². The summed E-state index contributed by atoms with van der Waals surface area (Å²) in [6.07, 6.45) is 1.45. The smallest absolute Gasteiger partial charge is 0.340 e. The number of aryl methyl sites for hydroxylation is 1. The van der Waals surface area contributed by atoms with Crippen LogP contribution in [0.15, 0.2) is 34.9 Å². The number of nitrogens with two attached hydrogens (primary N) is 1. The summed E-state index contributed by atoms with van der Waals surface area (Å²) in [6.45, 7) is 1.94. The Kier molecular flexibility index (Phi) is 4.24. The minimum atomic E-state index is -0.526. The van der Waals surface area contributed by atoms with Crippen LogP contribution in [-0.4, -0.2) is 18.1 Å². The van der Waals surface area contributed by atoms with Crippen molar-refractivity contribution in [2.75, 3.05) is 12.8 Å². The van der Waals surface area contributed by atoms with Gasteiger partial charge in [-0.25, -0.2) is 9.78 Å². The van der Waals surface area contributed by atoms with Crippen molar-refractivity contribution in [3.63, 3.8) is 0 Å². The van der Waals surface area contributed by atoms with Gasteiger partial charge in [-0.05, 0) is 36.8 Å². The van der Waals surface area contributed by atoms with Gasteiger partial charge in [0, 0.05) is 10.7 Å². The van der Waals surface area contributed by atoms with Gasteiger partial charge in [0.15, 0.2) is 0 Å². The quantitative estimate of drug-likeness (QED) is 0.870. The summed E-state index contributed by atoms with van der Waals surface area (Å²) in [7, 11) is 1.29. The normalized spacial score (nSPS) is 10.2. The number of ether oxygens (including phenoxy) is 2. The number of carbonyl (C=O) groups is 1. The first-order chi connectivity index (χ1) is 9.52. The van der Waals surface area contributed by atoms with E-state index < -0.39 is 5.97 Å². The van der Waals surface area contributed by atoms with E-state index in [9.17, 15) is 4.79 Å². The second-order valence-corrected chi connectivity index (χ2v) is 4.94. The van der Waals surface area contributed by atoms with Gasteiger partial charge in [-0.15, -0.1) is 0 Å². The fraction of sp³-hybridized carbons (Fsp3) is 0.143. The Balaban J connectivity index is 2.34. The molecule has 2 aromatic rings. The van der Waals surface area contributed by atoms with Crippen LogP contribution in [0.5, 0.6) is 11.6 Å². The molecule has 0 aliphatic heterocycles. The number of benzene rings is 1. The van der Waals surface area contributed by atoms with Crippen LogP contribution in [-0.2, 0) is 4.74 Å². The summed E-state index contributed by atoms with van der Waals surface area (Å²) >= 11 is 3.41. The lowest BCUT2D eigenvalue weighted by Crippen LogP contribution is -2.07. The molecule has 0 bridgehead atoms. The zero-order chi connectivity index (χ0) is 14.7. The van der Waals surface area contributed by atoms with Gasteiger partial charge in [-0.1, -0.05) is 15.9 Å². The molecular formula is C14H13BrN2O3. The highest BCUT2D eigenvalue weighted by Gasteiger charge is 2.15. The van der Waals surface area contributed by atoms with Gasteiger partial charge in [0.2, 0.25) is 5.88 Å². The highest BCUT2D eigenvalue weighted by atomic mass is 79.9. The van der Waals surface area contributed by atoms with Crippen molar-refractivity contribution in [3.8, 4) is 11.6 Å². The molecule has 0 unspecified atom stereocenters. The zero-order valence-corrected chi connectivity index (χ0v) is 12.6. The molecule has 2 rings (SSSR count). The molecule has 2 N–H and O–H groups in total. The van der Waals surface area contributed by atoms with Crippen LogP contribution >= 0.6 is 15.9 Å². The highest BCUT2D eigenvalue weighted by Crippen LogP contribution is 2.30. The Morgan fingerprint density at radius 1 is 1.35 bits per heavy atom. The minimum absolute atomic E-state index is 0.153. The Labute approximate surface area is 124 Å². The topological polar surface area (TPSA) is 74.4 Å². The van der Waals surface area contributed by atoms with Gasteiger partial charge in [-0.3, -0.25) is 0 Å². The number of rotatable bonds is 3. The number of nitrogens with zero attached hydrogens (tertiary/aromatic N) is 1. The highest BCUT2D eigenvalue weighted by molar-refractivity contribution is 9.10. The molecule has 1 aromatic heterocycles. The van der Waals surface area contributed by atoms with Crippen molar-refractivity contribution in [3.05, 3.63) is 46.1 Å². The number of halogens is 1. The summed E-state index contributed by atoms with van der Waals surface area (Å²) < 4.78 is 11.2. The number of esters is 1. The molecule has 0 saturated heterocycles.